The third kappa shape index (κ3) is 41.6. The minimum atomic E-state index is -1.17. The lowest BCUT2D eigenvalue weighted by Crippen LogP contribution is -2.41. The molecule has 4 amide bonds. The van der Waals surface area contributed by atoms with Crippen LogP contribution in [-0.2, 0) is 52.0 Å². The number of carboxylic acids is 1. The number of nitrogens with two attached hydrogens (primary N) is 1. The van der Waals surface area contributed by atoms with E-state index in [2.05, 4.69) is 32.5 Å². The second-order valence-electron chi connectivity index (χ2n) is 14.4. The summed E-state index contributed by atoms with van der Waals surface area (Å²) in [6.45, 7) is 4.34. The Morgan fingerprint density at radius 1 is 0.508 bits per heavy atom. The molecule has 0 bridgehead atoms. The van der Waals surface area contributed by atoms with E-state index in [0.29, 0.717) is 31.4 Å². The van der Waals surface area contributed by atoms with Crippen LogP contribution in [0.15, 0.2) is 0 Å². The Hall–Kier alpha value is -2.87. The molecular weight excluding hydrogens is 787 g/mol. The zero-order valence-corrected chi connectivity index (χ0v) is 36.7. The van der Waals surface area contributed by atoms with E-state index in [4.69, 9.17) is 24.8 Å². The van der Waals surface area contributed by atoms with E-state index in [1.165, 1.54) is 70.6 Å². The Bertz CT molecular complexity index is 1090. The van der Waals surface area contributed by atoms with Crippen molar-refractivity contribution in [3.05, 3.63) is 0 Å². The highest BCUT2D eigenvalue weighted by Gasteiger charge is 2.20. The Kier molecular flexibility index (Phi) is 41.1. The maximum absolute atomic E-state index is 12.3. The molecule has 0 saturated heterocycles. The number of unbranched alkanes of at least 4 members (excludes halogenated alkanes) is 16. The maximum Gasteiger partial charge on any atom is 0.326 e. The number of aliphatic carboxylic acids is 1. The molecule has 0 aromatic carbocycles. The van der Waals surface area contributed by atoms with Gasteiger partial charge in [-0.05, 0) is 25.7 Å². The molecule has 0 aliphatic rings. The molecular formula is C41H77N5O12S. The van der Waals surface area contributed by atoms with Gasteiger partial charge in [0.2, 0.25) is 28.7 Å². The normalized spacial score (nSPS) is 11.6. The van der Waals surface area contributed by atoms with Gasteiger partial charge in [0.25, 0.3) is 0 Å². The fourth-order valence-electron chi connectivity index (χ4n) is 5.84. The summed E-state index contributed by atoms with van der Waals surface area (Å²) in [5, 5.41) is 20.0. The lowest BCUT2D eigenvalue weighted by molar-refractivity contribution is -0.142. The maximum atomic E-state index is 12.3. The van der Waals surface area contributed by atoms with E-state index in [9.17, 15) is 33.9 Å². The average molecular weight is 864 g/mol. The molecule has 18 heteroatoms. The van der Waals surface area contributed by atoms with Crippen LogP contribution in [0.2, 0.25) is 0 Å². The molecule has 59 heavy (non-hydrogen) atoms. The van der Waals surface area contributed by atoms with E-state index < -0.39 is 12.0 Å². The summed E-state index contributed by atoms with van der Waals surface area (Å²) in [5.74, 6) is 2.45. The molecule has 0 saturated carbocycles. The van der Waals surface area contributed by atoms with E-state index in [0.717, 1.165) is 38.5 Å². The highest BCUT2D eigenvalue weighted by molar-refractivity contribution is 8.09. The fourth-order valence-corrected chi connectivity index (χ4v) is 6.17. The van der Waals surface area contributed by atoms with Crippen molar-refractivity contribution in [2.45, 2.75) is 154 Å². The van der Waals surface area contributed by atoms with Crippen LogP contribution in [0.25, 0.3) is 0 Å². The number of ether oxygens (including phenoxy) is 4. The van der Waals surface area contributed by atoms with Crippen molar-refractivity contribution in [1.29, 1.82) is 0 Å². The number of hydrogen-bond donors (Lipinski definition) is 6. The first kappa shape index (κ1) is 56.1. The topological polar surface area (TPSA) is 243 Å². The molecule has 0 spiro atoms. The van der Waals surface area contributed by atoms with E-state index in [1.807, 2.05) is 0 Å². The quantitative estimate of drug-likeness (QED) is 0.0278. The predicted octanol–water partition coefficient (Wildman–Crippen LogP) is 4.64. The Balaban J connectivity index is 3.63. The Morgan fingerprint density at radius 2 is 0.949 bits per heavy atom. The van der Waals surface area contributed by atoms with Crippen molar-refractivity contribution in [3.8, 4) is 0 Å². The number of carbonyl (C=O) groups excluding carboxylic acids is 5. The highest BCUT2D eigenvalue weighted by atomic mass is 32.2. The van der Waals surface area contributed by atoms with Crippen molar-refractivity contribution >= 4 is 46.8 Å². The monoisotopic (exact) mass is 864 g/mol. The number of nitrogens with one attached hydrogen (secondary N) is 4. The van der Waals surface area contributed by atoms with Crippen LogP contribution in [0, 0.1) is 0 Å². The van der Waals surface area contributed by atoms with Gasteiger partial charge in [-0.2, -0.15) is 0 Å². The van der Waals surface area contributed by atoms with Gasteiger partial charge >= 0.3 is 5.97 Å². The number of amides is 4. The first-order valence-electron chi connectivity index (χ1n) is 21.9. The zero-order valence-electron chi connectivity index (χ0n) is 35.8. The summed E-state index contributed by atoms with van der Waals surface area (Å²) < 4.78 is 25.5. The number of rotatable bonds is 44. The Labute approximate surface area is 356 Å². The van der Waals surface area contributed by atoms with Gasteiger partial charge < -0.3 is 45.3 Å². The van der Waals surface area contributed by atoms with Crippen molar-refractivity contribution in [1.82, 2.24) is 21.3 Å². The number of hydrogen-bond acceptors (Lipinski definition) is 13. The van der Waals surface area contributed by atoms with Crippen molar-refractivity contribution < 1.29 is 57.1 Å². The third-order valence-corrected chi connectivity index (χ3v) is 9.66. The number of carboxylic acid groups (broad SMARTS) is 1. The second kappa shape index (κ2) is 43.2. The molecule has 1 unspecified atom stereocenters. The molecule has 0 aliphatic heterocycles. The molecule has 0 rings (SSSR count). The molecule has 7 N–H and O–H groups in total. The van der Waals surface area contributed by atoms with E-state index in [-0.39, 0.29) is 114 Å². The van der Waals surface area contributed by atoms with Crippen LogP contribution in [0.5, 0.6) is 0 Å². The summed E-state index contributed by atoms with van der Waals surface area (Å²) in [7, 11) is 0. The van der Waals surface area contributed by atoms with Gasteiger partial charge in [-0.15, -0.1) is 0 Å². The zero-order chi connectivity index (χ0) is 43.4. The van der Waals surface area contributed by atoms with Gasteiger partial charge in [0, 0.05) is 38.9 Å². The van der Waals surface area contributed by atoms with Gasteiger partial charge in [0.05, 0.1) is 51.7 Å². The van der Waals surface area contributed by atoms with Gasteiger partial charge in [-0.3, -0.25) is 24.0 Å². The molecule has 0 aromatic rings. The Morgan fingerprint density at radius 3 is 1.46 bits per heavy atom. The largest absolute Gasteiger partial charge is 0.480 e. The first-order chi connectivity index (χ1) is 28.7. The minimum Gasteiger partial charge on any atom is -0.480 e. The van der Waals surface area contributed by atoms with Crippen LogP contribution < -0.4 is 27.2 Å². The average Bonchev–Trinajstić information content (AvgIpc) is 3.21. The molecule has 0 radical (unpaired) electrons. The van der Waals surface area contributed by atoms with Gasteiger partial charge in [0.15, 0.2) is 0 Å². The summed E-state index contributed by atoms with van der Waals surface area (Å²) in [6.07, 6.45) is 21.3. The lowest BCUT2D eigenvalue weighted by atomic mass is 10.0. The molecule has 0 aromatic heterocycles. The molecule has 0 aliphatic carbocycles. The van der Waals surface area contributed by atoms with Crippen LogP contribution >= 0.6 is 12.0 Å². The lowest BCUT2D eigenvalue weighted by Gasteiger charge is -2.14. The predicted molar refractivity (Wildman–Crippen MR) is 227 cm³/mol. The van der Waals surface area contributed by atoms with E-state index in [1.54, 1.807) is 0 Å². The SMILES string of the molecule is CCCCCCCCCCCCCCCCCC(=O)NC(CCC(=O)NCCOCCOCC(=O)NCCOCCOCC(=O)NCCCCCC(=O)SON)C(=O)O. The van der Waals surface area contributed by atoms with Gasteiger partial charge in [0.1, 0.15) is 19.3 Å². The van der Waals surface area contributed by atoms with Crippen molar-refractivity contribution in [3.63, 3.8) is 0 Å². The van der Waals surface area contributed by atoms with Gasteiger partial charge in [-0.25, -0.2) is 15.0 Å². The summed E-state index contributed by atoms with van der Waals surface area (Å²) in [6, 6.07) is -1.12. The summed E-state index contributed by atoms with van der Waals surface area (Å²) >= 11 is 0.622. The molecule has 0 heterocycles. The highest BCUT2D eigenvalue weighted by Crippen LogP contribution is 2.14. The summed E-state index contributed by atoms with van der Waals surface area (Å²) in [5.41, 5.74) is 0. The molecule has 1 atom stereocenters. The second-order valence-corrected chi connectivity index (χ2v) is 15.3. The smallest absolute Gasteiger partial charge is 0.326 e. The van der Waals surface area contributed by atoms with E-state index >= 15 is 0 Å². The molecule has 0 fully saturated rings. The number of carbonyl (C=O) groups is 6. The fraction of sp³-hybridized carbons (Fsp3) is 0.854. The van der Waals surface area contributed by atoms with Crippen LogP contribution in [-0.4, -0.2) is 118 Å². The third-order valence-electron chi connectivity index (χ3n) is 9.17. The summed E-state index contributed by atoms with van der Waals surface area (Å²) in [4.78, 5) is 71.1. The van der Waals surface area contributed by atoms with Crippen LogP contribution in [0.4, 0.5) is 0 Å². The minimum absolute atomic E-state index is 0.00885. The first-order valence-corrected chi connectivity index (χ1v) is 22.6. The van der Waals surface area contributed by atoms with Crippen molar-refractivity contribution in [2.24, 2.45) is 5.90 Å². The van der Waals surface area contributed by atoms with Crippen LogP contribution in [0.3, 0.4) is 0 Å². The van der Waals surface area contributed by atoms with Crippen LogP contribution in [0.1, 0.15) is 148 Å². The standard InChI is InChI=1S/C41H77N5O12S/c1-2-3-4-5-6-7-8-9-10-11-12-13-14-15-17-20-37(48)46-35(41(52)53)22-23-36(47)44-25-27-54-29-32-57-34-39(50)45-26-28-55-30-31-56-33-38(49)43-24-19-16-18-21-40(51)59-58-42/h35H,2-34,42H2,1H3,(H,43,49)(H,44,47)(H,45,50)(H,46,48)(H,52,53). The van der Waals surface area contributed by atoms with Crippen molar-refractivity contribution in [2.75, 3.05) is 72.5 Å². The molecule has 17 nitrogen and oxygen atoms in total. The van der Waals surface area contributed by atoms with Gasteiger partial charge in [-0.1, -0.05) is 103 Å². The molecule has 344 valence electrons.